The number of hydrogen-bond donors (Lipinski definition) is 3. The number of aromatic nitrogens is 1. The Balaban J connectivity index is 1.38. The number of hydrogen-bond acceptors (Lipinski definition) is 5. The Morgan fingerprint density at radius 2 is 1.87 bits per heavy atom. The first-order chi connectivity index (χ1) is 18.3. The van der Waals surface area contributed by atoms with Crippen molar-refractivity contribution < 1.29 is 22.4 Å². The molecule has 0 aliphatic carbocycles. The van der Waals surface area contributed by atoms with Crippen LogP contribution >= 0.6 is 0 Å². The summed E-state index contributed by atoms with van der Waals surface area (Å²) >= 11 is 0. The molecule has 0 saturated carbocycles. The summed E-state index contributed by atoms with van der Waals surface area (Å²) in [6.07, 6.45) is 4.28. The van der Waals surface area contributed by atoms with Crippen molar-refractivity contribution in [3.63, 3.8) is 0 Å². The maximum atomic E-state index is 14.0. The molecule has 1 saturated heterocycles. The van der Waals surface area contributed by atoms with Gasteiger partial charge in [0.05, 0.1) is 17.5 Å². The first-order valence-corrected chi connectivity index (χ1v) is 14.8. The lowest BCUT2D eigenvalue weighted by Gasteiger charge is -2.41. The molecule has 39 heavy (non-hydrogen) atoms. The van der Waals surface area contributed by atoms with Crippen LogP contribution in [-0.4, -0.2) is 67.6 Å². The van der Waals surface area contributed by atoms with E-state index >= 15 is 0 Å². The number of halogens is 1. The molecule has 9 nitrogen and oxygen atoms in total. The van der Waals surface area contributed by atoms with Crippen molar-refractivity contribution >= 4 is 38.4 Å². The van der Waals surface area contributed by atoms with Gasteiger partial charge in [-0.25, -0.2) is 12.8 Å². The summed E-state index contributed by atoms with van der Waals surface area (Å²) in [5.41, 5.74) is 7.56. The van der Waals surface area contributed by atoms with Gasteiger partial charge in [0.1, 0.15) is 11.9 Å². The van der Waals surface area contributed by atoms with E-state index < -0.39 is 27.5 Å². The number of benzene rings is 2. The molecule has 1 aromatic heterocycles. The fourth-order valence-electron chi connectivity index (χ4n) is 5.77. The average Bonchev–Trinajstić information content (AvgIpc) is 3.42. The van der Waals surface area contributed by atoms with E-state index in [1.54, 1.807) is 31.0 Å². The monoisotopic (exact) mass is 555 g/mol. The predicted octanol–water partition coefficient (Wildman–Crippen LogP) is 2.41. The standard InChI is InChI=1S/C28H34FN5O4S/c1-27(2,30)26(36)32-23(14-18-16-31-22-9-8-19(29)15-20(18)22)25(35)33-12-10-28(11-13-33)17-34(39(3,37)38)24-7-5-4-6-21(24)28/h4-9,15-16,23,31H,10-14,17,30H2,1-3H3,(H,32,36)/t23-/m1/s1. The lowest BCUT2D eigenvalue weighted by atomic mass is 9.74. The third-order valence-electron chi connectivity index (χ3n) is 7.97. The van der Waals surface area contributed by atoms with Crippen molar-refractivity contribution in [2.45, 2.75) is 50.1 Å². The van der Waals surface area contributed by atoms with Gasteiger partial charge >= 0.3 is 0 Å². The summed E-state index contributed by atoms with van der Waals surface area (Å²) in [6.45, 7) is 4.30. The van der Waals surface area contributed by atoms with E-state index in [4.69, 9.17) is 5.73 Å². The molecule has 0 radical (unpaired) electrons. The number of carbonyl (C=O) groups is 2. The van der Waals surface area contributed by atoms with Crippen LogP contribution in [0.4, 0.5) is 10.1 Å². The minimum atomic E-state index is -3.45. The molecule has 1 spiro atoms. The highest BCUT2D eigenvalue weighted by atomic mass is 32.2. The number of aromatic amines is 1. The van der Waals surface area contributed by atoms with Gasteiger partial charge in [-0.3, -0.25) is 13.9 Å². The molecule has 2 aliphatic rings. The lowest BCUT2D eigenvalue weighted by Crippen LogP contribution is -2.58. The fraction of sp³-hybridized carbons (Fsp3) is 0.429. The maximum absolute atomic E-state index is 14.0. The van der Waals surface area contributed by atoms with E-state index in [1.165, 1.54) is 22.7 Å². The van der Waals surface area contributed by atoms with Gasteiger partial charge in [-0.15, -0.1) is 0 Å². The predicted molar refractivity (Wildman–Crippen MR) is 148 cm³/mol. The maximum Gasteiger partial charge on any atom is 0.245 e. The second-order valence-electron chi connectivity index (χ2n) is 11.3. The van der Waals surface area contributed by atoms with Crippen LogP contribution in [0.15, 0.2) is 48.7 Å². The van der Waals surface area contributed by atoms with Crippen molar-refractivity contribution in [3.8, 4) is 0 Å². The van der Waals surface area contributed by atoms with Crippen molar-refractivity contribution in [2.24, 2.45) is 5.73 Å². The number of carbonyl (C=O) groups excluding carboxylic acids is 2. The lowest BCUT2D eigenvalue weighted by molar-refractivity contribution is -0.138. The summed E-state index contributed by atoms with van der Waals surface area (Å²) in [7, 11) is -3.45. The van der Waals surface area contributed by atoms with Gasteiger partial charge in [-0.2, -0.15) is 0 Å². The number of nitrogens with zero attached hydrogens (tertiary/aromatic N) is 2. The topological polar surface area (TPSA) is 129 Å². The molecule has 3 aromatic rings. The van der Waals surface area contributed by atoms with Gasteiger partial charge in [0.25, 0.3) is 0 Å². The third kappa shape index (κ3) is 5.12. The van der Waals surface area contributed by atoms with Crippen LogP contribution in [0, 0.1) is 5.82 Å². The summed E-state index contributed by atoms with van der Waals surface area (Å²) in [5.74, 6) is -1.10. The number of para-hydroxylation sites is 1. The second-order valence-corrected chi connectivity index (χ2v) is 13.3. The molecule has 0 unspecified atom stereocenters. The number of sulfonamides is 1. The summed E-state index contributed by atoms with van der Waals surface area (Å²) < 4.78 is 40.5. The quantitative estimate of drug-likeness (QED) is 0.430. The number of rotatable bonds is 6. The Hall–Kier alpha value is -3.44. The van der Waals surface area contributed by atoms with Crippen molar-refractivity contribution in [3.05, 3.63) is 65.6 Å². The molecule has 0 bridgehead atoms. The molecule has 1 fully saturated rings. The van der Waals surface area contributed by atoms with Crippen molar-refractivity contribution in [1.29, 1.82) is 0 Å². The number of piperidine rings is 1. The van der Waals surface area contributed by atoms with Crippen molar-refractivity contribution in [2.75, 3.05) is 30.2 Å². The van der Waals surface area contributed by atoms with Gasteiger partial charge in [0.2, 0.25) is 21.8 Å². The van der Waals surface area contributed by atoms with Crippen LogP contribution in [0.1, 0.15) is 37.8 Å². The van der Waals surface area contributed by atoms with Crippen LogP contribution in [0.25, 0.3) is 10.9 Å². The molecule has 2 aromatic carbocycles. The third-order valence-corrected chi connectivity index (χ3v) is 9.09. The van der Waals surface area contributed by atoms with Crippen LogP contribution in [0.5, 0.6) is 0 Å². The minimum Gasteiger partial charge on any atom is -0.361 e. The van der Waals surface area contributed by atoms with E-state index in [9.17, 15) is 22.4 Å². The van der Waals surface area contributed by atoms with Gasteiger partial charge < -0.3 is 20.9 Å². The van der Waals surface area contributed by atoms with Crippen LogP contribution in [0.3, 0.4) is 0 Å². The number of nitrogens with one attached hydrogen (secondary N) is 2. The average molecular weight is 556 g/mol. The summed E-state index contributed by atoms with van der Waals surface area (Å²) in [6, 6.07) is 11.0. The van der Waals surface area contributed by atoms with Crippen LogP contribution in [-0.2, 0) is 31.4 Å². The summed E-state index contributed by atoms with van der Waals surface area (Å²) in [4.78, 5) is 31.5. The molecule has 2 amide bonds. The Kier molecular flexibility index (Phi) is 6.70. The van der Waals surface area contributed by atoms with E-state index in [0.29, 0.717) is 49.1 Å². The van der Waals surface area contributed by atoms with Gasteiger partial charge in [-0.05, 0) is 62.1 Å². The van der Waals surface area contributed by atoms with Gasteiger partial charge in [-0.1, -0.05) is 18.2 Å². The van der Waals surface area contributed by atoms with E-state index in [2.05, 4.69) is 10.3 Å². The molecule has 5 rings (SSSR count). The smallest absolute Gasteiger partial charge is 0.245 e. The molecule has 208 valence electrons. The van der Waals surface area contributed by atoms with E-state index in [0.717, 1.165) is 11.1 Å². The molecule has 1 atom stereocenters. The number of anilines is 1. The zero-order chi connectivity index (χ0) is 28.2. The van der Waals surface area contributed by atoms with Crippen molar-refractivity contribution in [1.82, 2.24) is 15.2 Å². The zero-order valence-electron chi connectivity index (χ0n) is 22.3. The Bertz CT molecular complexity index is 1540. The number of fused-ring (bicyclic) bond motifs is 3. The van der Waals surface area contributed by atoms with E-state index in [-0.39, 0.29) is 23.6 Å². The fourth-order valence-corrected chi connectivity index (χ4v) is 6.77. The normalized spacial score (nSPS) is 17.9. The van der Waals surface area contributed by atoms with Gasteiger partial charge in [0, 0.05) is 48.6 Å². The minimum absolute atomic E-state index is 0.163. The highest BCUT2D eigenvalue weighted by Crippen LogP contribution is 2.47. The Morgan fingerprint density at radius 3 is 2.54 bits per heavy atom. The Morgan fingerprint density at radius 1 is 1.18 bits per heavy atom. The largest absolute Gasteiger partial charge is 0.361 e. The van der Waals surface area contributed by atoms with Crippen LogP contribution in [0.2, 0.25) is 0 Å². The molecular formula is C28H34FN5O4S. The number of likely N-dealkylation sites (tertiary alicyclic amines) is 1. The molecule has 2 aliphatic heterocycles. The highest BCUT2D eigenvalue weighted by Gasteiger charge is 2.48. The Labute approximate surface area is 227 Å². The number of amides is 2. The second kappa shape index (κ2) is 9.63. The van der Waals surface area contributed by atoms with E-state index in [1.807, 2.05) is 24.3 Å². The summed E-state index contributed by atoms with van der Waals surface area (Å²) in [5, 5.41) is 3.47. The molecular weight excluding hydrogens is 521 g/mol. The highest BCUT2D eigenvalue weighted by molar-refractivity contribution is 7.92. The number of H-pyrrole nitrogens is 1. The zero-order valence-corrected chi connectivity index (χ0v) is 23.1. The molecule has 3 heterocycles. The molecule has 4 N–H and O–H groups in total. The first-order valence-electron chi connectivity index (χ1n) is 13.0. The number of nitrogens with two attached hydrogens (primary N) is 1. The SMILES string of the molecule is CC(C)(N)C(=O)N[C@H](Cc1c[nH]c2ccc(F)cc12)C(=O)N1CCC2(CC1)CN(S(C)(=O)=O)c1ccccc12. The van der Waals surface area contributed by atoms with Gasteiger partial charge in [0.15, 0.2) is 0 Å². The van der Waals surface area contributed by atoms with Crippen LogP contribution < -0.4 is 15.4 Å². The first kappa shape index (κ1) is 27.1. The molecule has 11 heteroatoms.